The zero-order valence-corrected chi connectivity index (χ0v) is 11.5. The molecule has 2 aromatic carbocycles. The van der Waals surface area contributed by atoms with Crippen LogP contribution in [-0.4, -0.2) is 17.8 Å². The average Bonchev–Trinajstić information content (AvgIpc) is 2.78. The third kappa shape index (κ3) is 2.33. The minimum Gasteiger partial charge on any atom is -0.303 e. The van der Waals surface area contributed by atoms with Crippen LogP contribution in [0.4, 0.5) is 0 Å². The summed E-state index contributed by atoms with van der Waals surface area (Å²) in [5, 5.41) is 0. The van der Waals surface area contributed by atoms with Crippen LogP contribution in [0.5, 0.6) is 0 Å². The number of hydrogen-bond acceptors (Lipinski definition) is 2. The fourth-order valence-electron chi connectivity index (χ4n) is 2.77. The zero-order valence-electron chi connectivity index (χ0n) is 10.7. The van der Waals surface area contributed by atoms with Crippen molar-refractivity contribution in [2.45, 2.75) is 12.3 Å². The molecule has 0 atom stereocenters. The van der Waals surface area contributed by atoms with Gasteiger partial charge in [0.2, 0.25) is 0 Å². The van der Waals surface area contributed by atoms with E-state index in [-0.39, 0.29) is 0 Å². The van der Waals surface area contributed by atoms with Crippen LogP contribution in [-0.2, 0) is 4.79 Å². The molecule has 2 aromatic rings. The number of thioether (sulfide) groups is 1. The molecule has 0 aromatic heterocycles. The lowest BCUT2D eigenvalue weighted by Crippen LogP contribution is -2.00. The van der Waals surface area contributed by atoms with Crippen molar-refractivity contribution >= 4 is 18.0 Å². The highest BCUT2D eigenvalue weighted by molar-refractivity contribution is 7.99. The first-order valence-corrected chi connectivity index (χ1v) is 7.77. The van der Waals surface area contributed by atoms with Gasteiger partial charge in [-0.25, -0.2) is 0 Å². The molecule has 1 aliphatic rings. The van der Waals surface area contributed by atoms with Gasteiger partial charge >= 0.3 is 0 Å². The molecule has 0 saturated heterocycles. The SMILES string of the molecule is O=CCCSCC1c2ccccc2-c2ccccc21. The van der Waals surface area contributed by atoms with Crippen molar-refractivity contribution in [3.63, 3.8) is 0 Å². The monoisotopic (exact) mass is 268 g/mol. The molecule has 2 heteroatoms. The number of carbonyl (C=O) groups excluding carboxylic acids is 1. The number of aldehydes is 1. The van der Waals surface area contributed by atoms with E-state index in [1.807, 2.05) is 11.8 Å². The van der Waals surface area contributed by atoms with Crippen LogP contribution in [0.15, 0.2) is 48.5 Å². The third-order valence-electron chi connectivity index (χ3n) is 3.63. The summed E-state index contributed by atoms with van der Waals surface area (Å²) < 4.78 is 0. The Balaban J connectivity index is 1.89. The molecule has 0 spiro atoms. The standard InChI is InChI=1S/C17H16OS/c18-10-5-11-19-12-17-15-8-3-1-6-13(15)14-7-2-4-9-16(14)17/h1-4,6-10,17H,5,11-12H2. The van der Waals surface area contributed by atoms with E-state index in [4.69, 9.17) is 0 Å². The first-order chi connectivity index (χ1) is 9.42. The summed E-state index contributed by atoms with van der Waals surface area (Å²) in [6, 6.07) is 17.4. The lowest BCUT2D eigenvalue weighted by Gasteiger charge is -2.12. The zero-order chi connectivity index (χ0) is 13.1. The van der Waals surface area contributed by atoms with Crippen molar-refractivity contribution < 1.29 is 4.79 Å². The summed E-state index contributed by atoms with van der Waals surface area (Å²) in [6.07, 6.45) is 1.66. The molecule has 1 aliphatic carbocycles. The van der Waals surface area contributed by atoms with Crippen LogP contribution < -0.4 is 0 Å². The average molecular weight is 268 g/mol. The van der Waals surface area contributed by atoms with Gasteiger partial charge in [-0.05, 0) is 28.0 Å². The van der Waals surface area contributed by atoms with Crippen LogP contribution in [0.25, 0.3) is 11.1 Å². The Kier molecular flexibility index (Phi) is 3.69. The van der Waals surface area contributed by atoms with Gasteiger partial charge in [-0.15, -0.1) is 0 Å². The van der Waals surface area contributed by atoms with Gasteiger partial charge in [-0.2, -0.15) is 11.8 Å². The molecule has 0 aliphatic heterocycles. The summed E-state index contributed by atoms with van der Waals surface area (Å²) in [6.45, 7) is 0. The Bertz CT molecular complexity index is 546. The molecule has 0 saturated carbocycles. The number of hydrogen-bond donors (Lipinski definition) is 0. The molecule has 19 heavy (non-hydrogen) atoms. The van der Waals surface area contributed by atoms with Crippen LogP contribution in [0, 0.1) is 0 Å². The lowest BCUT2D eigenvalue weighted by atomic mass is 9.99. The van der Waals surface area contributed by atoms with Crippen molar-refractivity contribution in [3.05, 3.63) is 59.7 Å². The Morgan fingerprint density at radius 1 is 0.947 bits per heavy atom. The van der Waals surface area contributed by atoms with E-state index in [2.05, 4.69) is 48.5 Å². The van der Waals surface area contributed by atoms with E-state index >= 15 is 0 Å². The molecule has 0 fully saturated rings. The Hall–Kier alpha value is -1.54. The first-order valence-electron chi connectivity index (χ1n) is 6.61. The van der Waals surface area contributed by atoms with Gasteiger partial charge in [0.1, 0.15) is 6.29 Å². The Morgan fingerprint density at radius 2 is 1.53 bits per heavy atom. The molecule has 1 nitrogen and oxygen atoms in total. The smallest absolute Gasteiger partial charge is 0.120 e. The number of benzene rings is 2. The Labute approximate surface area is 118 Å². The van der Waals surface area contributed by atoms with Crippen LogP contribution in [0.2, 0.25) is 0 Å². The molecule has 96 valence electrons. The summed E-state index contributed by atoms with van der Waals surface area (Å²) in [5.41, 5.74) is 5.61. The van der Waals surface area contributed by atoms with Gasteiger partial charge in [0.15, 0.2) is 0 Å². The van der Waals surface area contributed by atoms with Crippen LogP contribution in [0.3, 0.4) is 0 Å². The first kappa shape index (κ1) is 12.5. The van der Waals surface area contributed by atoms with Gasteiger partial charge < -0.3 is 4.79 Å². The molecule has 3 rings (SSSR count). The van der Waals surface area contributed by atoms with E-state index in [1.54, 1.807) is 0 Å². The normalized spacial score (nSPS) is 13.1. The molecular formula is C17H16OS. The maximum atomic E-state index is 10.4. The number of carbonyl (C=O) groups is 1. The van der Waals surface area contributed by atoms with Crippen molar-refractivity contribution in [1.29, 1.82) is 0 Å². The largest absolute Gasteiger partial charge is 0.303 e. The minimum atomic E-state index is 0.476. The van der Waals surface area contributed by atoms with Gasteiger partial charge in [-0.1, -0.05) is 48.5 Å². The van der Waals surface area contributed by atoms with Gasteiger partial charge in [0.05, 0.1) is 0 Å². The molecular weight excluding hydrogens is 252 g/mol. The quantitative estimate of drug-likeness (QED) is 0.599. The summed E-state index contributed by atoms with van der Waals surface area (Å²) in [4.78, 5) is 10.4. The lowest BCUT2D eigenvalue weighted by molar-refractivity contribution is -0.107. The van der Waals surface area contributed by atoms with E-state index in [0.717, 1.165) is 17.8 Å². The van der Waals surface area contributed by atoms with Crippen LogP contribution in [0.1, 0.15) is 23.5 Å². The maximum Gasteiger partial charge on any atom is 0.120 e. The second-order valence-electron chi connectivity index (χ2n) is 4.76. The predicted octanol–water partition coefficient (Wildman–Crippen LogP) is 4.12. The summed E-state index contributed by atoms with van der Waals surface area (Å²) in [7, 11) is 0. The predicted molar refractivity (Wildman–Crippen MR) is 81.7 cm³/mol. The molecule has 0 heterocycles. The maximum absolute atomic E-state index is 10.4. The second-order valence-corrected chi connectivity index (χ2v) is 5.91. The highest BCUT2D eigenvalue weighted by Gasteiger charge is 2.27. The van der Waals surface area contributed by atoms with Gasteiger partial charge in [0, 0.05) is 18.1 Å². The molecule has 0 amide bonds. The third-order valence-corrected chi connectivity index (χ3v) is 4.72. The summed E-state index contributed by atoms with van der Waals surface area (Å²) >= 11 is 1.87. The number of rotatable bonds is 5. The fraction of sp³-hybridized carbons (Fsp3) is 0.235. The van der Waals surface area contributed by atoms with E-state index in [0.29, 0.717) is 12.3 Å². The highest BCUT2D eigenvalue weighted by atomic mass is 32.2. The molecule has 0 bridgehead atoms. The molecule has 0 radical (unpaired) electrons. The second kappa shape index (κ2) is 5.62. The van der Waals surface area contributed by atoms with Gasteiger partial charge in [-0.3, -0.25) is 0 Å². The van der Waals surface area contributed by atoms with Crippen molar-refractivity contribution in [2.24, 2.45) is 0 Å². The number of fused-ring (bicyclic) bond motifs is 3. The van der Waals surface area contributed by atoms with Crippen molar-refractivity contribution in [1.82, 2.24) is 0 Å². The van der Waals surface area contributed by atoms with E-state index in [9.17, 15) is 4.79 Å². The van der Waals surface area contributed by atoms with E-state index in [1.165, 1.54) is 22.3 Å². The summed E-state index contributed by atoms with van der Waals surface area (Å²) in [5.74, 6) is 2.45. The fourth-order valence-corrected chi connectivity index (χ4v) is 3.80. The highest BCUT2D eigenvalue weighted by Crippen LogP contribution is 2.45. The van der Waals surface area contributed by atoms with Crippen LogP contribution >= 0.6 is 11.8 Å². The minimum absolute atomic E-state index is 0.476. The van der Waals surface area contributed by atoms with Gasteiger partial charge in [0.25, 0.3) is 0 Å². The topological polar surface area (TPSA) is 17.1 Å². The van der Waals surface area contributed by atoms with E-state index < -0.39 is 0 Å². The molecule has 0 unspecified atom stereocenters. The molecule has 0 N–H and O–H groups in total. The Morgan fingerprint density at radius 3 is 2.11 bits per heavy atom. The van der Waals surface area contributed by atoms with Crippen molar-refractivity contribution in [2.75, 3.05) is 11.5 Å². The van der Waals surface area contributed by atoms with Crippen molar-refractivity contribution in [3.8, 4) is 11.1 Å².